The first-order chi connectivity index (χ1) is 5.39. The zero-order valence-corrected chi connectivity index (χ0v) is 7.16. The highest BCUT2D eigenvalue weighted by Gasteiger charge is 2.33. The molecule has 0 fully saturated rings. The normalized spacial score (nSPS) is 13.3. The lowest BCUT2D eigenvalue weighted by atomic mass is 9.94. The van der Waals surface area contributed by atoms with Crippen LogP contribution in [-0.4, -0.2) is 53.9 Å². The predicted molar refractivity (Wildman–Crippen MR) is 40.1 cm³/mol. The third kappa shape index (κ3) is 3.46. The second kappa shape index (κ2) is 4.15. The molecule has 0 aliphatic heterocycles. The van der Waals surface area contributed by atoms with E-state index >= 15 is 0 Å². The number of aliphatic hydroxyl groups is 3. The Labute approximate surface area is 70.2 Å². The monoisotopic (exact) mass is 200 g/mol. The van der Waals surface area contributed by atoms with Crippen LogP contribution in [0.4, 0.5) is 0 Å². The van der Waals surface area contributed by atoms with Crippen molar-refractivity contribution in [2.45, 2.75) is 0 Å². The van der Waals surface area contributed by atoms with Crippen molar-refractivity contribution in [2.24, 2.45) is 5.41 Å². The van der Waals surface area contributed by atoms with Crippen LogP contribution in [0.15, 0.2) is 0 Å². The minimum atomic E-state index is -4.30. The lowest BCUT2D eigenvalue weighted by molar-refractivity contribution is 0.0214. The largest absolute Gasteiger partial charge is 0.396 e. The molecule has 12 heavy (non-hydrogen) atoms. The van der Waals surface area contributed by atoms with E-state index < -0.39 is 41.1 Å². The molecule has 0 aliphatic carbocycles. The van der Waals surface area contributed by atoms with Gasteiger partial charge in [0.25, 0.3) is 10.1 Å². The number of rotatable bonds is 5. The fraction of sp³-hybridized carbons (Fsp3) is 1.00. The SMILES string of the molecule is O=S(=O)(O)CC(CO)(CO)CO. The lowest BCUT2D eigenvalue weighted by Gasteiger charge is -2.24. The minimum Gasteiger partial charge on any atom is -0.396 e. The maximum absolute atomic E-state index is 10.3. The van der Waals surface area contributed by atoms with Gasteiger partial charge in [-0.25, -0.2) is 0 Å². The molecular weight excluding hydrogens is 188 g/mol. The Morgan fingerprint density at radius 2 is 1.33 bits per heavy atom. The summed E-state index contributed by atoms with van der Waals surface area (Å²) in [5.41, 5.74) is -1.56. The van der Waals surface area contributed by atoms with Crippen molar-refractivity contribution < 1.29 is 28.3 Å². The van der Waals surface area contributed by atoms with Crippen molar-refractivity contribution in [1.29, 1.82) is 0 Å². The van der Waals surface area contributed by atoms with Gasteiger partial charge in [0.05, 0.1) is 31.0 Å². The molecule has 0 radical (unpaired) electrons. The summed E-state index contributed by atoms with van der Waals surface area (Å²) in [4.78, 5) is 0. The van der Waals surface area contributed by atoms with E-state index in [0.29, 0.717) is 0 Å². The van der Waals surface area contributed by atoms with Gasteiger partial charge in [-0.1, -0.05) is 0 Å². The first kappa shape index (κ1) is 11.8. The fourth-order valence-electron chi connectivity index (χ4n) is 0.674. The molecule has 0 saturated heterocycles. The zero-order chi connectivity index (χ0) is 9.83. The standard InChI is InChI=1S/C5H12O6S/c6-1-5(2-7,3-8)4-12(9,10)11/h6-8H,1-4H2,(H,9,10,11). The average Bonchev–Trinajstić information content (AvgIpc) is 1.99. The molecule has 0 aromatic heterocycles. The lowest BCUT2D eigenvalue weighted by Crippen LogP contribution is -2.40. The van der Waals surface area contributed by atoms with Crippen molar-refractivity contribution in [3.63, 3.8) is 0 Å². The van der Waals surface area contributed by atoms with Crippen LogP contribution in [-0.2, 0) is 10.1 Å². The van der Waals surface area contributed by atoms with Crippen LogP contribution in [0.5, 0.6) is 0 Å². The van der Waals surface area contributed by atoms with E-state index in [0.717, 1.165) is 0 Å². The molecule has 4 N–H and O–H groups in total. The molecule has 0 aromatic rings. The third-order valence-electron chi connectivity index (χ3n) is 1.49. The molecule has 0 rings (SSSR count). The molecular formula is C5H12O6S. The maximum atomic E-state index is 10.3. The second-order valence-electron chi connectivity index (χ2n) is 2.70. The highest BCUT2D eigenvalue weighted by molar-refractivity contribution is 7.85. The highest BCUT2D eigenvalue weighted by atomic mass is 32.2. The van der Waals surface area contributed by atoms with Gasteiger partial charge in [0.2, 0.25) is 0 Å². The maximum Gasteiger partial charge on any atom is 0.265 e. The van der Waals surface area contributed by atoms with Crippen LogP contribution in [0, 0.1) is 5.41 Å². The Morgan fingerprint density at radius 3 is 1.42 bits per heavy atom. The molecule has 0 heterocycles. The first-order valence-corrected chi connectivity index (χ1v) is 4.78. The molecule has 0 bridgehead atoms. The Hall–Kier alpha value is -0.210. The summed E-state index contributed by atoms with van der Waals surface area (Å²) in [6.07, 6.45) is 0. The van der Waals surface area contributed by atoms with E-state index in [9.17, 15) is 8.42 Å². The third-order valence-corrected chi connectivity index (χ3v) is 2.47. The Kier molecular flexibility index (Phi) is 4.08. The molecule has 0 aromatic carbocycles. The van der Waals surface area contributed by atoms with Crippen LogP contribution in [0.2, 0.25) is 0 Å². The van der Waals surface area contributed by atoms with Crippen molar-refractivity contribution >= 4 is 10.1 Å². The van der Waals surface area contributed by atoms with Gasteiger partial charge in [-0.3, -0.25) is 4.55 Å². The van der Waals surface area contributed by atoms with E-state index in [1.54, 1.807) is 0 Å². The molecule has 0 amide bonds. The summed E-state index contributed by atoms with van der Waals surface area (Å²) in [7, 11) is -4.30. The molecule has 0 saturated carbocycles. The van der Waals surface area contributed by atoms with Crippen LogP contribution in [0.3, 0.4) is 0 Å². The van der Waals surface area contributed by atoms with Gasteiger partial charge in [0, 0.05) is 0 Å². The topological polar surface area (TPSA) is 115 Å². The van der Waals surface area contributed by atoms with Crippen molar-refractivity contribution in [2.75, 3.05) is 25.6 Å². The number of hydrogen-bond donors (Lipinski definition) is 4. The van der Waals surface area contributed by atoms with Crippen LogP contribution < -0.4 is 0 Å². The number of hydrogen-bond acceptors (Lipinski definition) is 5. The molecule has 0 unspecified atom stereocenters. The van der Waals surface area contributed by atoms with Gasteiger partial charge in [0.15, 0.2) is 0 Å². The Bertz CT molecular complexity index is 208. The van der Waals surface area contributed by atoms with Gasteiger partial charge in [-0.2, -0.15) is 8.42 Å². The summed E-state index contributed by atoms with van der Waals surface area (Å²) in [6, 6.07) is 0. The molecule has 0 spiro atoms. The smallest absolute Gasteiger partial charge is 0.265 e. The first-order valence-electron chi connectivity index (χ1n) is 3.17. The summed E-state index contributed by atoms with van der Waals surface area (Å²) < 4.78 is 29.1. The molecule has 6 nitrogen and oxygen atoms in total. The molecule has 0 atom stereocenters. The summed E-state index contributed by atoms with van der Waals surface area (Å²) in [5.74, 6) is -0.858. The van der Waals surface area contributed by atoms with E-state index in [-0.39, 0.29) is 0 Å². The van der Waals surface area contributed by atoms with E-state index in [1.807, 2.05) is 0 Å². The quantitative estimate of drug-likeness (QED) is 0.376. The van der Waals surface area contributed by atoms with Crippen LogP contribution in [0.25, 0.3) is 0 Å². The van der Waals surface area contributed by atoms with Gasteiger partial charge < -0.3 is 15.3 Å². The van der Waals surface area contributed by atoms with E-state index in [4.69, 9.17) is 19.9 Å². The summed E-state index contributed by atoms with van der Waals surface area (Å²) in [5, 5.41) is 25.9. The van der Waals surface area contributed by atoms with Crippen molar-refractivity contribution in [3.05, 3.63) is 0 Å². The fourth-order valence-corrected chi connectivity index (χ4v) is 1.72. The minimum absolute atomic E-state index is 0.709. The van der Waals surface area contributed by atoms with Gasteiger partial charge in [-0.15, -0.1) is 0 Å². The second-order valence-corrected chi connectivity index (χ2v) is 4.15. The van der Waals surface area contributed by atoms with Crippen molar-refractivity contribution in [3.8, 4) is 0 Å². The predicted octanol–water partition coefficient (Wildman–Crippen LogP) is -2.16. The molecule has 7 heteroatoms. The van der Waals surface area contributed by atoms with Crippen LogP contribution in [0.1, 0.15) is 0 Å². The van der Waals surface area contributed by atoms with Gasteiger partial charge >= 0.3 is 0 Å². The Balaban J connectivity index is 4.52. The van der Waals surface area contributed by atoms with E-state index in [2.05, 4.69) is 0 Å². The average molecular weight is 200 g/mol. The number of aliphatic hydroxyl groups excluding tert-OH is 3. The summed E-state index contributed by atoms with van der Waals surface area (Å²) >= 11 is 0. The van der Waals surface area contributed by atoms with Crippen molar-refractivity contribution in [1.82, 2.24) is 0 Å². The summed E-state index contributed by atoms with van der Waals surface area (Å²) in [6.45, 7) is -2.13. The highest BCUT2D eigenvalue weighted by Crippen LogP contribution is 2.16. The molecule has 74 valence electrons. The molecule has 0 aliphatic rings. The van der Waals surface area contributed by atoms with Gasteiger partial charge in [0.1, 0.15) is 0 Å². The Morgan fingerprint density at radius 1 is 1.00 bits per heavy atom. The van der Waals surface area contributed by atoms with E-state index in [1.165, 1.54) is 0 Å². The zero-order valence-electron chi connectivity index (χ0n) is 6.34. The van der Waals surface area contributed by atoms with Crippen LogP contribution >= 0.6 is 0 Å². The van der Waals surface area contributed by atoms with Gasteiger partial charge in [-0.05, 0) is 0 Å².